The van der Waals surface area contributed by atoms with Crippen molar-refractivity contribution in [3.8, 4) is 5.75 Å². The number of nitrogens with zero attached hydrogens (tertiary/aromatic N) is 2. The van der Waals surface area contributed by atoms with E-state index in [1.165, 1.54) is 0 Å². The van der Waals surface area contributed by atoms with Crippen LogP contribution in [0.25, 0.3) is 0 Å². The highest BCUT2D eigenvalue weighted by molar-refractivity contribution is 5.99. The number of aromatic nitrogens is 2. The van der Waals surface area contributed by atoms with E-state index < -0.39 is 5.82 Å². The SMILES string of the molecule is C.C=CC(=O)Nc1cccc(Nc2nc(Nc3cccc(OCCO)c3)ncc2F)c1. The zero-order chi connectivity index (χ0) is 21.3. The summed E-state index contributed by atoms with van der Waals surface area (Å²) in [6, 6.07) is 13.7. The molecule has 8 nitrogen and oxygen atoms in total. The van der Waals surface area contributed by atoms with Crippen molar-refractivity contribution in [3.63, 3.8) is 0 Å². The minimum Gasteiger partial charge on any atom is -0.491 e. The maximum absolute atomic E-state index is 14.2. The summed E-state index contributed by atoms with van der Waals surface area (Å²) in [7, 11) is 0. The Hall–Kier alpha value is -3.98. The molecule has 0 aliphatic carbocycles. The van der Waals surface area contributed by atoms with Crippen LogP contribution < -0.4 is 20.7 Å². The largest absolute Gasteiger partial charge is 0.491 e. The van der Waals surface area contributed by atoms with Crippen molar-refractivity contribution in [3.05, 3.63) is 73.2 Å². The molecule has 1 aromatic heterocycles. The van der Waals surface area contributed by atoms with Crippen LogP contribution >= 0.6 is 0 Å². The molecule has 0 unspecified atom stereocenters. The van der Waals surface area contributed by atoms with Gasteiger partial charge in [0.15, 0.2) is 11.6 Å². The Morgan fingerprint density at radius 1 is 1.13 bits per heavy atom. The van der Waals surface area contributed by atoms with Crippen molar-refractivity contribution in [2.75, 3.05) is 29.2 Å². The average molecular weight is 425 g/mol. The molecule has 0 aliphatic heterocycles. The summed E-state index contributed by atoms with van der Waals surface area (Å²) in [6.07, 6.45) is 2.21. The van der Waals surface area contributed by atoms with Gasteiger partial charge in [-0.3, -0.25) is 4.79 Å². The van der Waals surface area contributed by atoms with Gasteiger partial charge >= 0.3 is 0 Å². The average Bonchev–Trinajstić information content (AvgIpc) is 2.75. The topological polar surface area (TPSA) is 108 Å². The molecule has 4 N–H and O–H groups in total. The molecule has 9 heteroatoms. The third-order valence-electron chi connectivity index (χ3n) is 3.77. The van der Waals surface area contributed by atoms with Crippen LogP contribution in [0.1, 0.15) is 7.43 Å². The van der Waals surface area contributed by atoms with Gasteiger partial charge in [0.2, 0.25) is 11.9 Å². The van der Waals surface area contributed by atoms with Gasteiger partial charge in [-0.1, -0.05) is 26.1 Å². The molecule has 0 saturated carbocycles. The maximum Gasteiger partial charge on any atom is 0.247 e. The Labute approximate surface area is 179 Å². The highest BCUT2D eigenvalue weighted by Crippen LogP contribution is 2.24. The second kappa shape index (κ2) is 11.3. The highest BCUT2D eigenvalue weighted by Gasteiger charge is 2.09. The lowest BCUT2D eigenvalue weighted by atomic mass is 10.2. The number of rotatable bonds is 9. The van der Waals surface area contributed by atoms with Gasteiger partial charge < -0.3 is 25.8 Å². The van der Waals surface area contributed by atoms with Crippen LogP contribution in [0.15, 0.2) is 67.4 Å². The minimum absolute atomic E-state index is 0. The summed E-state index contributed by atoms with van der Waals surface area (Å²) in [5.41, 5.74) is 1.69. The van der Waals surface area contributed by atoms with Gasteiger partial charge in [-0.05, 0) is 36.4 Å². The fraction of sp³-hybridized carbons (Fsp3) is 0.136. The molecule has 0 saturated heterocycles. The number of ether oxygens (including phenoxy) is 1. The number of halogens is 1. The van der Waals surface area contributed by atoms with Crippen molar-refractivity contribution in [1.29, 1.82) is 0 Å². The van der Waals surface area contributed by atoms with Gasteiger partial charge in [-0.15, -0.1) is 0 Å². The first-order valence-electron chi connectivity index (χ1n) is 9.01. The van der Waals surface area contributed by atoms with Gasteiger partial charge in [0.25, 0.3) is 0 Å². The van der Waals surface area contributed by atoms with E-state index in [0.717, 1.165) is 12.3 Å². The number of anilines is 5. The molecule has 1 heterocycles. The number of carbonyl (C=O) groups is 1. The Morgan fingerprint density at radius 2 is 1.84 bits per heavy atom. The molecule has 162 valence electrons. The van der Waals surface area contributed by atoms with Crippen molar-refractivity contribution in [2.45, 2.75) is 7.43 Å². The predicted octanol–water partition coefficient (Wildman–Crippen LogP) is 4.23. The third-order valence-corrected chi connectivity index (χ3v) is 3.77. The second-order valence-corrected chi connectivity index (χ2v) is 6.01. The lowest BCUT2D eigenvalue weighted by Crippen LogP contribution is -2.07. The molecular weight excluding hydrogens is 401 g/mol. The smallest absolute Gasteiger partial charge is 0.247 e. The molecule has 2 aromatic carbocycles. The van der Waals surface area contributed by atoms with E-state index >= 15 is 0 Å². The minimum atomic E-state index is -0.638. The van der Waals surface area contributed by atoms with Gasteiger partial charge in [0, 0.05) is 23.1 Å². The molecule has 0 aliphatic rings. The zero-order valence-electron chi connectivity index (χ0n) is 15.9. The first kappa shape index (κ1) is 23.3. The number of aliphatic hydroxyl groups is 1. The van der Waals surface area contributed by atoms with Crippen molar-refractivity contribution in [1.82, 2.24) is 9.97 Å². The Morgan fingerprint density at radius 3 is 2.58 bits per heavy atom. The molecule has 1 amide bonds. The Balaban J connectivity index is 0.00000341. The second-order valence-electron chi connectivity index (χ2n) is 6.01. The van der Waals surface area contributed by atoms with Crippen LogP contribution in [0.3, 0.4) is 0 Å². The number of benzene rings is 2. The van der Waals surface area contributed by atoms with Crippen LogP contribution in [0.4, 0.5) is 33.2 Å². The van der Waals surface area contributed by atoms with E-state index in [9.17, 15) is 9.18 Å². The Kier molecular flexibility index (Phi) is 8.47. The maximum atomic E-state index is 14.2. The van der Waals surface area contributed by atoms with Crippen molar-refractivity contribution in [2.24, 2.45) is 0 Å². The molecule has 0 spiro atoms. The summed E-state index contributed by atoms with van der Waals surface area (Å²) in [5, 5.41) is 17.3. The summed E-state index contributed by atoms with van der Waals surface area (Å²) in [5.74, 6) is -0.284. The fourth-order valence-corrected chi connectivity index (χ4v) is 2.48. The van der Waals surface area contributed by atoms with E-state index in [1.54, 1.807) is 48.5 Å². The lowest BCUT2D eigenvalue weighted by molar-refractivity contribution is -0.111. The molecule has 0 bridgehead atoms. The van der Waals surface area contributed by atoms with Gasteiger partial charge in [0.1, 0.15) is 12.4 Å². The summed E-state index contributed by atoms with van der Waals surface area (Å²) < 4.78 is 19.6. The number of amides is 1. The van der Waals surface area contributed by atoms with Crippen LogP contribution in [-0.2, 0) is 4.79 Å². The molecule has 0 radical (unpaired) electrons. The molecule has 0 fully saturated rings. The van der Waals surface area contributed by atoms with Crippen molar-refractivity contribution >= 4 is 34.7 Å². The zero-order valence-corrected chi connectivity index (χ0v) is 15.9. The first-order chi connectivity index (χ1) is 14.6. The van der Waals surface area contributed by atoms with Gasteiger partial charge in [-0.2, -0.15) is 4.98 Å². The van der Waals surface area contributed by atoms with Gasteiger partial charge in [0.05, 0.1) is 12.8 Å². The highest BCUT2D eigenvalue weighted by atomic mass is 19.1. The van der Waals surface area contributed by atoms with Crippen LogP contribution in [0.2, 0.25) is 0 Å². The quantitative estimate of drug-likeness (QED) is 0.380. The Bertz CT molecular complexity index is 1050. The monoisotopic (exact) mass is 425 g/mol. The van der Waals surface area contributed by atoms with Crippen LogP contribution in [0, 0.1) is 5.82 Å². The van der Waals surface area contributed by atoms with Crippen LogP contribution in [0.5, 0.6) is 5.75 Å². The number of hydrogen-bond donors (Lipinski definition) is 4. The number of carbonyl (C=O) groups excluding carboxylic acids is 1. The number of aliphatic hydroxyl groups excluding tert-OH is 1. The molecule has 31 heavy (non-hydrogen) atoms. The fourth-order valence-electron chi connectivity index (χ4n) is 2.48. The lowest BCUT2D eigenvalue weighted by Gasteiger charge is -2.11. The first-order valence-corrected chi connectivity index (χ1v) is 9.01. The van der Waals surface area contributed by atoms with E-state index in [1.807, 2.05) is 0 Å². The van der Waals surface area contributed by atoms with E-state index in [-0.39, 0.29) is 38.3 Å². The summed E-state index contributed by atoms with van der Waals surface area (Å²) in [6.45, 7) is 3.49. The summed E-state index contributed by atoms with van der Waals surface area (Å²) in [4.78, 5) is 19.6. The molecule has 3 aromatic rings. The van der Waals surface area contributed by atoms with Gasteiger partial charge in [-0.25, -0.2) is 9.37 Å². The standard InChI is InChI=1S/C21H20FN5O3.CH4/c1-2-19(29)24-14-5-3-6-15(11-14)25-20-18(22)13-23-21(27-20)26-16-7-4-8-17(12-16)30-10-9-28;/h2-8,11-13,28H,1,9-10H2,(H,24,29)(H2,23,25,26,27);1H4. The normalized spacial score (nSPS) is 9.87. The molecule has 0 atom stereocenters. The van der Waals surface area contributed by atoms with Crippen molar-refractivity contribution < 1.29 is 19.0 Å². The molecule has 3 rings (SSSR count). The predicted molar refractivity (Wildman–Crippen MR) is 120 cm³/mol. The molecular formula is C22H24FN5O3. The van der Waals surface area contributed by atoms with E-state index in [0.29, 0.717) is 22.8 Å². The van der Waals surface area contributed by atoms with Crippen LogP contribution in [-0.4, -0.2) is 34.2 Å². The van der Waals surface area contributed by atoms with E-state index in [2.05, 4.69) is 32.5 Å². The number of hydrogen-bond acceptors (Lipinski definition) is 7. The van der Waals surface area contributed by atoms with E-state index in [4.69, 9.17) is 9.84 Å². The summed E-state index contributed by atoms with van der Waals surface area (Å²) >= 11 is 0. The third kappa shape index (κ3) is 6.79. The number of nitrogens with one attached hydrogen (secondary N) is 3.